The molecule has 21 heavy (non-hydrogen) atoms. The minimum Gasteiger partial charge on any atom is -0.494 e. The van der Waals surface area contributed by atoms with Gasteiger partial charge in [-0.1, -0.05) is 0 Å². The van der Waals surface area contributed by atoms with E-state index in [4.69, 9.17) is 4.74 Å². The number of rotatable bonds is 5. The fraction of sp³-hybridized carbons (Fsp3) is 0.375. The van der Waals surface area contributed by atoms with E-state index in [-0.39, 0.29) is 6.04 Å². The van der Waals surface area contributed by atoms with Gasteiger partial charge in [-0.25, -0.2) is 4.68 Å². The van der Waals surface area contributed by atoms with Gasteiger partial charge in [0.25, 0.3) is 0 Å². The summed E-state index contributed by atoms with van der Waals surface area (Å²) in [4.78, 5) is 5.50. The first-order valence-electron chi connectivity index (χ1n) is 7.08. The molecule has 2 aromatic rings. The predicted molar refractivity (Wildman–Crippen MR) is 88.3 cm³/mol. The normalized spacial score (nSPS) is 12.5. The minimum atomic E-state index is 0.259. The molecule has 0 bridgehead atoms. The molecule has 4 nitrogen and oxygen atoms in total. The van der Waals surface area contributed by atoms with Crippen molar-refractivity contribution in [3.8, 4) is 5.75 Å². The van der Waals surface area contributed by atoms with Crippen LogP contribution in [0.1, 0.15) is 32.0 Å². The molecule has 0 aliphatic heterocycles. The molecule has 1 aromatic heterocycles. The van der Waals surface area contributed by atoms with Gasteiger partial charge in [0.1, 0.15) is 5.75 Å². The van der Waals surface area contributed by atoms with Crippen molar-refractivity contribution in [3.63, 3.8) is 0 Å². The summed E-state index contributed by atoms with van der Waals surface area (Å²) in [7, 11) is 0. The molecule has 1 heterocycles. The highest BCUT2D eigenvalue weighted by molar-refractivity contribution is 7.07. The highest BCUT2D eigenvalue weighted by atomic mass is 32.1. The second kappa shape index (κ2) is 7.22. The smallest absolute Gasteiger partial charge is 0.206 e. The molecule has 0 fully saturated rings. The van der Waals surface area contributed by atoms with Crippen LogP contribution in [0.5, 0.6) is 5.75 Å². The van der Waals surface area contributed by atoms with E-state index in [2.05, 4.69) is 29.3 Å². The lowest BCUT2D eigenvalue weighted by Crippen LogP contribution is -2.14. The number of thiazole rings is 1. The second-order valence-corrected chi connectivity index (χ2v) is 5.78. The molecule has 0 spiro atoms. The Labute approximate surface area is 129 Å². The highest BCUT2D eigenvalue weighted by Crippen LogP contribution is 2.11. The topological polar surface area (TPSA) is 38.9 Å². The van der Waals surface area contributed by atoms with Gasteiger partial charge >= 0.3 is 0 Å². The lowest BCUT2D eigenvalue weighted by molar-refractivity contribution is 0.340. The van der Waals surface area contributed by atoms with Crippen molar-refractivity contribution in [1.82, 2.24) is 4.68 Å². The Morgan fingerprint density at radius 1 is 1.29 bits per heavy atom. The van der Waals surface area contributed by atoms with Crippen molar-refractivity contribution in [2.45, 2.75) is 33.7 Å². The predicted octanol–water partition coefficient (Wildman–Crippen LogP) is 3.45. The number of hydrogen-bond donors (Lipinski definition) is 0. The molecule has 0 unspecified atom stereocenters. The fourth-order valence-corrected chi connectivity index (χ4v) is 2.71. The number of benzene rings is 1. The third-order valence-corrected chi connectivity index (χ3v) is 3.68. The first-order valence-corrected chi connectivity index (χ1v) is 7.96. The van der Waals surface area contributed by atoms with Gasteiger partial charge in [-0.3, -0.25) is 4.99 Å². The number of aryl methyl sites for hydroxylation is 1. The monoisotopic (exact) mass is 303 g/mol. The van der Waals surface area contributed by atoms with E-state index < -0.39 is 0 Å². The van der Waals surface area contributed by atoms with Crippen LogP contribution in [0.4, 0.5) is 0 Å². The maximum absolute atomic E-state index is 5.43. The van der Waals surface area contributed by atoms with Crippen molar-refractivity contribution in [1.29, 1.82) is 0 Å². The number of ether oxygens (including phenoxy) is 1. The van der Waals surface area contributed by atoms with E-state index in [9.17, 15) is 0 Å². The molecular formula is C16H21N3OS. The van der Waals surface area contributed by atoms with Crippen LogP contribution in [0.25, 0.3) is 0 Å². The summed E-state index contributed by atoms with van der Waals surface area (Å²) < 4.78 is 7.31. The standard InChI is InChI=1S/C16H21N3OS/c1-5-20-15-8-6-14(7-9-15)10-17-19-13(4)11-21-16(19)18-12(2)3/h6-12H,5H2,1-4H3. The molecule has 0 amide bonds. The maximum atomic E-state index is 5.43. The van der Waals surface area contributed by atoms with Crippen molar-refractivity contribution < 1.29 is 4.74 Å². The van der Waals surface area contributed by atoms with E-state index in [0.29, 0.717) is 6.61 Å². The zero-order valence-corrected chi connectivity index (χ0v) is 13.7. The fourth-order valence-electron chi connectivity index (χ4n) is 1.78. The average molecular weight is 303 g/mol. The average Bonchev–Trinajstić information content (AvgIpc) is 2.78. The molecule has 2 rings (SSSR count). The van der Waals surface area contributed by atoms with E-state index >= 15 is 0 Å². The molecule has 0 radical (unpaired) electrons. The van der Waals surface area contributed by atoms with Gasteiger partial charge in [0, 0.05) is 11.4 Å². The Morgan fingerprint density at radius 3 is 2.62 bits per heavy atom. The summed E-state index contributed by atoms with van der Waals surface area (Å²) >= 11 is 1.61. The van der Waals surface area contributed by atoms with Gasteiger partial charge < -0.3 is 4.74 Å². The molecule has 5 heteroatoms. The van der Waals surface area contributed by atoms with Gasteiger partial charge in [-0.15, -0.1) is 11.3 Å². The third kappa shape index (κ3) is 4.29. The van der Waals surface area contributed by atoms with Crippen molar-refractivity contribution in [3.05, 3.63) is 45.7 Å². The molecule has 112 valence electrons. The molecule has 0 atom stereocenters. The van der Waals surface area contributed by atoms with Crippen LogP contribution in [0.15, 0.2) is 39.7 Å². The summed E-state index contributed by atoms with van der Waals surface area (Å²) in [6, 6.07) is 8.16. The Balaban J connectivity index is 2.23. The van der Waals surface area contributed by atoms with Crippen LogP contribution in [-0.2, 0) is 0 Å². The zero-order valence-electron chi connectivity index (χ0n) is 12.9. The maximum Gasteiger partial charge on any atom is 0.206 e. The first-order chi connectivity index (χ1) is 10.1. The van der Waals surface area contributed by atoms with Gasteiger partial charge in [0.05, 0.1) is 18.5 Å². The zero-order chi connectivity index (χ0) is 15.2. The number of aromatic nitrogens is 1. The van der Waals surface area contributed by atoms with E-state index in [0.717, 1.165) is 21.8 Å². The van der Waals surface area contributed by atoms with E-state index in [1.165, 1.54) is 0 Å². The van der Waals surface area contributed by atoms with Crippen LogP contribution in [0.3, 0.4) is 0 Å². The van der Waals surface area contributed by atoms with Crippen molar-refractivity contribution in [2.24, 2.45) is 10.1 Å². The summed E-state index contributed by atoms with van der Waals surface area (Å²) in [6.45, 7) is 8.82. The van der Waals surface area contributed by atoms with Crippen LogP contribution in [0, 0.1) is 6.92 Å². The van der Waals surface area contributed by atoms with Crippen molar-refractivity contribution in [2.75, 3.05) is 6.61 Å². The van der Waals surface area contributed by atoms with Gasteiger partial charge in [0.15, 0.2) is 0 Å². The summed E-state index contributed by atoms with van der Waals surface area (Å²) in [5.41, 5.74) is 2.12. The summed E-state index contributed by atoms with van der Waals surface area (Å²) in [5.74, 6) is 0.879. The first kappa shape index (κ1) is 15.5. The molecular weight excluding hydrogens is 282 g/mol. The van der Waals surface area contributed by atoms with Crippen LogP contribution in [0.2, 0.25) is 0 Å². The largest absolute Gasteiger partial charge is 0.494 e. The molecule has 0 aliphatic rings. The Kier molecular flexibility index (Phi) is 5.33. The van der Waals surface area contributed by atoms with Gasteiger partial charge in [-0.2, -0.15) is 5.10 Å². The molecule has 0 saturated heterocycles. The highest BCUT2D eigenvalue weighted by Gasteiger charge is 2.00. The second-order valence-electron chi connectivity index (χ2n) is 4.94. The van der Waals surface area contributed by atoms with Crippen molar-refractivity contribution >= 4 is 17.6 Å². The summed E-state index contributed by atoms with van der Waals surface area (Å²) in [6.07, 6.45) is 1.84. The molecule has 1 aromatic carbocycles. The SMILES string of the molecule is CCOc1ccc(C=Nn2c(C)csc2=NC(C)C)cc1. The summed E-state index contributed by atoms with van der Waals surface area (Å²) in [5, 5.41) is 6.60. The van der Waals surface area contributed by atoms with E-state index in [1.807, 2.05) is 49.0 Å². The molecule has 0 saturated carbocycles. The Bertz CT molecular complexity index is 666. The minimum absolute atomic E-state index is 0.259. The Morgan fingerprint density at radius 2 is 2.00 bits per heavy atom. The van der Waals surface area contributed by atoms with Crippen LogP contribution < -0.4 is 9.54 Å². The third-order valence-electron chi connectivity index (χ3n) is 2.73. The molecule has 0 N–H and O–H groups in total. The number of hydrogen-bond acceptors (Lipinski definition) is 4. The van der Waals surface area contributed by atoms with Crippen LogP contribution in [-0.4, -0.2) is 23.5 Å². The van der Waals surface area contributed by atoms with Crippen LogP contribution >= 0.6 is 11.3 Å². The lowest BCUT2D eigenvalue weighted by Gasteiger charge is -2.02. The molecule has 0 aliphatic carbocycles. The van der Waals surface area contributed by atoms with E-state index in [1.54, 1.807) is 11.3 Å². The van der Waals surface area contributed by atoms with Gasteiger partial charge in [-0.05, 0) is 57.5 Å². The van der Waals surface area contributed by atoms with Gasteiger partial charge in [0.2, 0.25) is 4.80 Å². The Hall–Kier alpha value is -1.88. The number of nitrogens with zero attached hydrogens (tertiary/aromatic N) is 3. The lowest BCUT2D eigenvalue weighted by atomic mass is 10.2. The quantitative estimate of drug-likeness (QED) is 0.780.